The maximum Gasteiger partial charge on any atom is 0.206 e. The number of benzene rings is 1. The van der Waals surface area contributed by atoms with Crippen LogP contribution < -0.4 is 5.32 Å². The molecule has 2 heterocycles. The lowest BCUT2D eigenvalue weighted by atomic mass is 10.2. The molecule has 0 saturated carbocycles. The number of anilines is 1. The lowest BCUT2D eigenvalue weighted by Gasteiger charge is -2.07. The van der Waals surface area contributed by atoms with E-state index in [1.54, 1.807) is 0 Å². The second-order valence-corrected chi connectivity index (χ2v) is 7.73. The molecular weight excluding hydrogens is 282 g/mol. The molecule has 2 aromatic rings. The first kappa shape index (κ1) is 12.6. The standard InChI is InChI=1S/C12H13N3O2S2/c16-19(17)7-6-10(8-19)13-12-15-14-11(18-12)9-4-2-1-3-5-9/h1-5,10H,6-8H2,(H,13,15). The van der Waals surface area contributed by atoms with Crippen molar-refractivity contribution in [3.8, 4) is 10.6 Å². The van der Waals surface area contributed by atoms with Crippen LogP contribution >= 0.6 is 11.3 Å². The largest absolute Gasteiger partial charge is 0.356 e. The summed E-state index contributed by atoms with van der Waals surface area (Å²) in [5.41, 5.74) is 1.02. The fraction of sp³-hybridized carbons (Fsp3) is 0.333. The molecular formula is C12H13N3O2S2. The van der Waals surface area contributed by atoms with Crippen LogP contribution in [-0.2, 0) is 9.84 Å². The Balaban J connectivity index is 1.73. The van der Waals surface area contributed by atoms with Crippen molar-refractivity contribution in [1.82, 2.24) is 10.2 Å². The molecule has 1 aliphatic heterocycles. The van der Waals surface area contributed by atoms with Gasteiger partial charge in [-0.25, -0.2) is 8.42 Å². The van der Waals surface area contributed by atoms with E-state index in [-0.39, 0.29) is 17.5 Å². The molecule has 0 amide bonds. The molecule has 0 spiro atoms. The van der Waals surface area contributed by atoms with Gasteiger partial charge in [0.1, 0.15) is 5.01 Å². The molecule has 5 nitrogen and oxygen atoms in total. The number of sulfone groups is 1. The number of hydrogen-bond donors (Lipinski definition) is 1. The molecule has 1 atom stereocenters. The van der Waals surface area contributed by atoms with E-state index in [9.17, 15) is 8.42 Å². The highest BCUT2D eigenvalue weighted by atomic mass is 32.2. The van der Waals surface area contributed by atoms with Gasteiger partial charge >= 0.3 is 0 Å². The van der Waals surface area contributed by atoms with Gasteiger partial charge in [0.15, 0.2) is 9.84 Å². The fourth-order valence-electron chi connectivity index (χ4n) is 2.06. The average Bonchev–Trinajstić information content (AvgIpc) is 2.98. The zero-order valence-electron chi connectivity index (χ0n) is 10.1. The van der Waals surface area contributed by atoms with Crippen LogP contribution in [0.2, 0.25) is 0 Å². The lowest BCUT2D eigenvalue weighted by molar-refractivity contribution is 0.602. The van der Waals surface area contributed by atoms with E-state index < -0.39 is 9.84 Å². The Labute approximate surface area is 115 Å². The summed E-state index contributed by atoms with van der Waals surface area (Å²) in [5, 5.41) is 12.9. The van der Waals surface area contributed by atoms with Crippen LogP contribution in [0.4, 0.5) is 5.13 Å². The summed E-state index contributed by atoms with van der Waals surface area (Å²) in [5.74, 6) is 0.447. The molecule has 0 radical (unpaired) electrons. The van der Waals surface area contributed by atoms with E-state index in [1.165, 1.54) is 11.3 Å². The third-order valence-corrected chi connectivity index (χ3v) is 5.68. The minimum absolute atomic E-state index is 0.0402. The first-order chi connectivity index (χ1) is 9.12. The summed E-state index contributed by atoms with van der Waals surface area (Å²) in [6, 6.07) is 9.77. The monoisotopic (exact) mass is 295 g/mol. The van der Waals surface area contributed by atoms with Gasteiger partial charge < -0.3 is 5.32 Å². The Hall–Kier alpha value is -1.47. The average molecular weight is 295 g/mol. The summed E-state index contributed by atoms with van der Waals surface area (Å²) in [6.45, 7) is 0. The minimum atomic E-state index is -2.87. The van der Waals surface area contributed by atoms with Gasteiger partial charge in [0.05, 0.1) is 11.5 Å². The molecule has 1 unspecified atom stereocenters. The van der Waals surface area contributed by atoms with Gasteiger partial charge in [-0.05, 0) is 6.42 Å². The maximum atomic E-state index is 11.4. The Bertz CT molecular complexity index is 667. The van der Waals surface area contributed by atoms with Crippen LogP contribution in [0.5, 0.6) is 0 Å². The minimum Gasteiger partial charge on any atom is -0.356 e. The summed E-state index contributed by atoms with van der Waals surface area (Å²) < 4.78 is 22.8. The zero-order chi connectivity index (χ0) is 13.3. The van der Waals surface area contributed by atoms with Crippen molar-refractivity contribution in [3.63, 3.8) is 0 Å². The SMILES string of the molecule is O=S1(=O)CCC(Nc2nnc(-c3ccccc3)s2)C1. The number of aromatic nitrogens is 2. The lowest BCUT2D eigenvalue weighted by Crippen LogP contribution is -2.20. The quantitative estimate of drug-likeness (QED) is 0.935. The molecule has 7 heteroatoms. The first-order valence-corrected chi connectivity index (χ1v) is 8.62. The predicted octanol–water partition coefficient (Wildman–Crippen LogP) is 1.80. The number of nitrogens with zero attached hydrogens (tertiary/aromatic N) is 2. The molecule has 1 aromatic heterocycles. The molecule has 100 valence electrons. The van der Waals surface area contributed by atoms with Crippen LogP contribution in [0.1, 0.15) is 6.42 Å². The molecule has 1 fully saturated rings. The fourth-order valence-corrected chi connectivity index (χ4v) is 4.56. The van der Waals surface area contributed by atoms with Crippen molar-refractivity contribution in [2.24, 2.45) is 0 Å². The van der Waals surface area contributed by atoms with Gasteiger partial charge in [-0.2, -0.15) is 0 Å². The van der Waals surface area contributed by atoms with E-state index in [4.69, 9.17) is 0 Å². The van der Waals surface area contributed by atoms with Gasteiger partial charge in [0.2, 0.25) is 5.13 Å². The van der Waals surface area contributed by atoms with Crippen molar-refractivity contribution in [2.75, 3.05) is 16.8 Å². The normalized spacial score (nSPS) is 21.4. The number of hydrogen-bond acceptors (Lipinski definition) is 6. The highest BCUT2D eigenvalue weighted by molar-refractivity contribution is 7.91. The highest BCUT2D eigenvalue weighted by Gasteiger charge is 2.28. The Morgan fingerprint density at radius 3 is 2.68 bits per heavy atom. The second kappa shape index (κ2) is 4.90. The van der Waals surface area contributed by atoms with Gasteiger partial charge in [-0.3, -0.25) is 0 Å². The highest BCUT2D eigenvalue weighted by Crippen LogP contribution is 2.27. The summed E-state index contributed by atoms with van der Waals surface area (Å²) in [4.78, 5) is 0. The topological polar surface area (TPSA) is 72.0 Å². The Kier molecular flexibility index (Phi) is 3.24. The number of nitrogens with one attached hydrogen (secondary N) is 1. The molecule has 1 N–H and O–H groups in total. The van der Waals surface area contributed by atoms with Crippen molar-refractivity contribution in [3.05, 3.63) is 30.3 Å². The molecule has 0 aliphatic carbocycles. The Morgan fingerprint density at radius 1 is 1.21 bits per heavy atom. The smallest absolute Gasteiger partial charge is 0.206 e. The van der Waals surface area contributed by atoms with Gasteiger partial charge in [0.25, 0.3) is 0 Å². The first-order valence-electron chi connectivity index (χ1n) is 5.98. The Morgan fingerprint density at radius 2 is 2.00 bits per heavy atom. The molecule has 19 heavy (non-hydrogen) atoms. The van der Waals surface area contributed by atoms with E-state index in [0.29, 0.717) is 11.6 Å². The summed E-state index contributed by atoms with van der Waals surface area (Å²) in [7, 11) is -2.87. The van der Waals surface area contributed by atoms with Crippen LogP contribution in [0.15, 0.2) is 30.3 Å². The summed E-state index contributed by atoms with van der Waals surface area (Å²) >= 11 is 1.44. The van der Waals surface area contributed by atoms with Gasteiger partial charge in [-0.1, -0.05) is 41.7 Å². The molecule has 1 saturated heterocycles. The van der Waals surface area contributed by atoms with Crippen LogP contribution in [0.3, 0.4) is 0 Å². The van der Waals surface area contributed by atoms with Crippen LogP contribution in [0.25, 0.3) is 10.6 Å². The predicted molar refractivity (Wildman–Crippen MR) is 76.0 cm³/mol. The van der Waals surface area contributed by atoms with Crippen molar-refractivity contribution < 1.29 is 8.42 Å². The van der Waals surface area contributed by atoms with Gasteiger partial charge in [0, 0.05) is 11.6 Å². The van der Waals surface area contributed by atoms with Crippen LogP contribution in [-0.4, -0.2) is 36.2 Å². The van der Waals surface area contributed by atoms with Crippen molar-refractivity contribution in [2.45, 2.75) is 12.5 Å². The molecule has 0 bridgehead atoms. The second-order valence-electron chi connectivity index (χ2n) is 4.52. The zero-order valence-corrected chi connectivity index (χ0v) is 11.7. The van der Waals surface area contributed by atoms with Crippen molar-refractivity contribution in [1.29, 1.82) is 0 Å². The molecule has 3 rings (SSSR count). The van der Waals surface area contributed by atoms with E-state index in [0.717, 1.165) is 10.6 Å². The van der Waals surface area contributed by atoms with Gasteiger partial charge in [-0.15, -0.1) is 10.2 Å². The maximum absolute atomic E-state index is 11.4. The molecule has 1 aliphatic rings. The third kappa shape index (κ3) is 2.93. The van der Waals surface area contributed by atoms with E-state index in [2.05, 4.69) is 15.5 Å². The van der Waals surface area contributed by atoms with E-state index in [1.807, 2.05) is 30.3 Å². The van der Waals surface area contributed by atoms with E-state index >= 15 is 0 Å². The number of rotatable bonds is 3. The van der Waals surface area contributed by atoms with Crippen molar-refractivity contribution >= 4 is 26.3 Å². The molecule has 1 aromatic carbocycles. The third-order valence-electron chi connectivity index (χ3n) is 3.01. The van der Waals surface area contributed by atoms with Crippen LogP contribution in [0, 0.1) is 0 Å². The summed E-state index contributed by atoms with van der Waals surface area (Å²) in [6.07, 6.45) is 0.641.